The summed E-state index contributed by atoms with van der Waals surface area (Å²) in [4.78, 5) is 16.6. The van der Waals surface area contributed by atoms with Crippen LogP contribution in [-0.2, 0) is 7.05 Å². The quantitative estimate of drug-likeness (QED) is 0.687. The molecular weight excluding hydrogens is 344 g/mol. The molecule has 1 aliphatic heterocycles. The molecule has 0 bridgehead atoms. The molecule has 0 atom stereocenters. The third kappa shape index (κ3) is 2.56. The van der Waals surface area contributed by atoms with E-state index in [0.717, 1.165) is 30.4 Å². The van der Waals surface area contributed by atoms with Gasteiger partial charge in [0, 0.05) is 39.3 Å². The highest BCUT2D eigenvalue weighted by Gasteiger charge is 2.35. The normalized spacial score (nSPS) is 17.8. The van der Waals surface area contributed by atoms with Crippen LogP contribution >= 0.6 is 0 Å². The molecule has 2 aliphatic rings. The lowest BCUT2D eigenvalue weighted by molar-refractivity contribution is 0.0694. The maximum absolute atomic E-state index is 12.6. The molecule has 1 amide bonds. The van der Waals surface area contributed by atoms with Gasteiger partial charge < -0.3 is 9.80 Å². The summed E-state index contributed by atoms with van der Waals surface area (Å²) in [6.07, 6.45) is 5.23. The first-order valence-corrected chi connectivity index (χ1v) is 9.34. The van der Waals surface area contributed by atoms with Crippen molar-refractivity contribution in [3.8, 4) is 0 Å². The second-order valence-electron chi connectivity index (χ2n) is 7.46. The summed E-state index contributed by atoms with van der Waals surface area (Å²) in [5, 5.41) is 17.4. The zero-order chi connectivity index (χ0) is 18.5. The Hall–Kier alpha value is -2.97. The summed E-state index contributed by atoms with van der Waals surface area (Å²) in [5.74, 6) is 2.35. The smallest absolute Gasteiger partial charge is 0.272 e. The summed E-state index contributed by atoms with van der Waals surface area (Å²) in [7, 11) is 3.63. The molecule has 9 nitrogen and oxygen atoms in total. The lowest BCUT2D eigenvalue weighted by atomic mass is 9.85. The predicted molar refractivity (Wildman–Crippen MR) is 98.7 cm³/mol. The first kappa shape index (κ1) is 16.2. The molecule has 9 heteroatoms. The van der Waals surface area contributed by atoms with Gasteiger partial charge in [-0.25, -0.2) is 0 Å². The maximum Gasteiger partial charge on any atom is 0.272 e. The van der Waals surface area contributed by atoms with E-state index >= 15 is 0 Å². The lowest BCUT2D eigenvalue weighted by Crippen LogP contribution is -2.60. The van der Waals surface area contributed by atoms with Crippen LogP contribution in [0.5, 0.6) is 0 Å². The van der Waals surface area contributed by atoms with Gasteiger partial charge in [-0.3, -0.25) is 9.48 Å². The number of fused-ring (bicyclic) bond motifs is 1. The number of likely N-dealkylation sites (N-methyl/N-ethyl adjacent to an activating group) is 1. The summed E-state index contributed by atoms with van der Waals surface area (Å²) < 4.78 is 3.50. The van der Waals surface area contributed by atoms with Gasteiger partial charge in [0.1, 0.15) is 11.5 Å². The van der Waals surface area contributed by atoms with Crippen molar-refractivity contribution < 1.29 is 4.79 Å². The Morgan fingerprint density at radius 1 is 1.19 bits per heavy atom. The third-order valence-corrected chi connectivity index (χ3v) is 5.84. The molecule has 4 heterocycles. The minimum absolute atomic E-state index is 0.00543. The highest BCUT2D eigenvalue weighted by molar-refractivity contribution is 5.92. The fourth-order valence-electron chi connectivity index (χ4n) is 3.70. The Labute approximate surface area is 156 Å². The molecule has 2 fully saturated rings. The monoisotopic (exact) mass is 366 g/mol. The number of rotatable bonds is 4. The summed E-state index contributed by atoms with van der Waals surface area (Å²) in [6, 6.07) is 5.86. The number of aryl methyl sites for hydroxylation is 1. The van der Waals surface area contributed by atoms with Crippen LogP contribution in [0.2, 0.25) is 0 Å². The van der Waals surface area contributed by atoms with Crippen LogP contribution in [0.25, 0.3) is 5.65 Å². The molecule has 140 valence electrons. The fourth-order valence-corrected chi connectivity index (χ4v) is 3.70. The average molecular weight is 366 g/mol. The molecule has 5 rings (SSSR count). The number of anilines is 1. The largest absolute Gasteiger partial charge is 0.351 e. The number of hydrogen-bond donors (Lipinski definition) is 0. The number of carbonyl (C=O) groups excluding carboxylic acids is 1. The van der Waals surface area contributed by atoms with Crippen LogP contribution in [0, 0.1) is 0 Å². The predicted octanol–water partition coefficient (Wildman–Crippen LogP) is 1.09. The van der Waals surface area contributed by atoms with Crippen LogP contribution in [0.15, 0.2) is 24.4 Å². The second kappa shape index (κ2) is 6.04. The standard InChI is InChI=1S/C18H22N8O/c1-23(18(27)14-8-9-19-24(14)2)13-10-25(11-13)16-7-6-15-20-21-17(26(15)22-16)12-4-3-5-12/h6-9,12-13H,3-5,10-11H2,1-2H3. The molecule has 3 aromatic rings. The van der Waals surface area contributed by atoms with Gasteiger partial charge in [0.25, 0.3) is 5.91 Å². The van der Waals surface area contributed by atoms with E-state index in [1.165, 1.54) is 19.3 Å². The zero-order valence-electron chi connectivity index (χ0n) is 15.5. The third-order valence-electron chi connectivity index (χ3n) is 5.84. The zero-order valence-corrected chi connectivity index (χ0v) is 15.5. The SMILES string of the molecule is CN(C(=O)c1ccnn1C)C1CN(c2ccc3nnc(C4CCC4)n3n2)C1. The van der Waals surface area contributed by atoms with E-state index in [1.54, 1.807) is 28.9 Å². The van der Waals surface area contributed by atoms with Crippen LogP contribution in [0.1, 0.15) is 41.5 Å². The van der Waals surface area contributed by atoms with Crippen LogP contribution in [0.3, 0.4) is 0 Å². The van der Waals surface area contributed by atoms with Crippen LogP contribution < -0.4 is 4.90 Å². The first-order valence-electron chi connectivity index (χ1n) is 9.34. The molecule has 0 radical (unpaired) electrons. The van der Waals surface area contributed by atoms with E-state index in [9.17, 15) is 4.79 Å². The van der Waals surface area contributed by atoms with Crippen molar-refractivity contribution in [2.75, 3.05) is 25.0 Å². The Balaban J connectivity index is 1.30. The van der Waals surface area contributed by atoms with Gasteiger partial charge in [-0.2, -0.15) is 9.61 Å². The van der Waals surface area contributed by atoms with E-state index in [1.807, 2.05) is 23.7 Å². The van der Waals surface area contributed by atoms with Gasteiger partial charge in [0.15, 0.2) is 11.5 Å². The van der Waals surface area contributed by atoms with Crippen molar-refractivity contribution in [2.24, 2.45) is 7.05 Å². The molecule has 0 aromatic carbocycles. The first-order chi connectivity index (χ1) is 13.1. The lowest BCUT2D eigenvalue weighted by Gasteiger charge is -2.44. The Morgan fingerprint density at radius 3 is 2.67 bits per heavy atom. The molecule has 0 unspecified atom stereocenters. The minimum atomic E-state index is -0.00543. The molecular formula is C18H22N8O. The number of aromatic nitrogens is 6. The fraction of sp³-hybridized carbons (Fsp3) is 0.500. The molecule has 3 aromatic heterocycles. The second-order valence-corrected chi connectivity index (χ2v) is 7.46. The summed E-state index contributed by atoms with van der Waals surface area (Å²) in [5.41, 5.74) is 1.39. The summed E-state index contributed by atoms with van der Waals surface area (Å²) >= 11 is 0. The van der Waals surface area contributed by atoms with Gasteiger partial charge in [0.05, 0.1) is 6.04 Å². The van der Waals surface area contributed by atoms with Crippen LogP contribution in [-0.4, -0.2) is 66.6 Å². The highest BCUT2D eigenvalue weighted by Crippen LogP contribution is 2.35. The van der Waals surface area contributed by atoms with Gasteiger partial charge in [0.2, 0.25) is 0 Å². The van der Waals surface area contributed by atoms with Crippen LogP contribution in [0.4, 0.5) is 5.82 Å². The molecule has 1 saturated heterocycles. The number of carbonyl (C=O) groups is 1. The average Bonchev–Trinajstić information content (AvgIpc) is 3.18. The van der Waals surface area contributed by atoms with Gasteiger partial charge in [-0.15, -0.1) is 15.3 Å². The van der Waals surface area contributed by atoms with Crippen molar-refractivity contribution in [3.05, 3.63) is 35.9 Å². The highest BCUT2D eigenvalue weighted by atomic mass is 16.2. The topological polar surface area (TPSA) is 84.5 Å². The van der Waals surface area contributed by atoms with Gasteiger partial charge in [-0.1, -0.05) is 6.42 Å². The van der Waals surface area contributed by atoms with Crippen molar-refractivity contribution >= 4 is 17.4 Å². The van der Waals surface area contributed by atoms with E-state index in [0.29, 0.717) is 11.6 Å². The molecule has 1 saturated carbocycles. The Kier molecular flexibility index (Phi) is 3.63. The van der Waals surface area contributed by atoms with E-state index in [-0.39, 0.29) is 11.9 Å². The molecule has 0 N–H and O–H groups in total. The molecule has 27 heavy (non-hydrogen) atoms. The van der Waals surface area contributed by atoms with Crippen molar-refractivity contribution in [3.63, 3.8) is 0 Å². The maximum atomic E-state index is 12.6. The Morgan fingerprint density at radius 2 is 2.00 bits per heavy atom. The molecule has 0 spiro atoms. The van der Waals surface area contributed by atoms with E-state index < -0.39 is 0 Å². The number of amides is 1. The Bertz CT molecular complexity index is 998. The van der Waals surface area contributed by atoms with Gasteiger partial charge in [-0.05, 0) is 31.0 Å². The van der Waals surface area contributed by atoms with Crippen molar-refractivity contribution in [1.82, 2.24) is 34.5 Å². The minimum Gasteiger partial charge on any atom is -0.351 e. The van der Waals surface area contributed by atoms with E-state index in [4.69, 9.17) is 5.10 Å². The van der Waals surface area contributed by atoms with Crippen molar-refractivity contribution in [1.29, 1.82) is 0 Å². The number of hydrogen-bond acceptors (Lipinski definition) is 6. The van der Waals surface area contributed by atoms with E-state index in [2.05, 4.69) is 20.2 Å². The summed E-state index contributed by atoms with van der Waals surface area (Å²) in [6.45, 7) is 1.53. The number of nitrogens with zero attached hydrogens (tertiary/aromatic N) is 8. The molecule has 1 aliphatic carbocycles. The van der Waals surface area contributed by atoms with Gasteiger partial charge >= 0.3 is 0 Å². The van der Waals surface area contributed by atoms with Crippen molar-refractivity contribution in [2.45, 2.75) is 31.2 Å².